The number of rotatable bonds is 7. The van der Waals surface area contributed by atoms with Crippen LogP contribution < -0.4 is 5.56 Å². The number of nitrogens with one attached hydrogen (secondary N) is 1. The number of nitriles is 1. The van der Waals surface area contributed by atoms with Crippen molar-refractivity contribution >= 4 is 22.8 Å². The van der Waals surface area contributed by atoms with Crippen LogP contribution in [0.1, 0.15) is 25.6 Å². The lowest BCUT2D eigenvalue weighted by Crippen LogP contribution is -2.38. The number of amides is 1. The molecule has 8 nitrogen and oxygen atoms in total. The fraction of sp³-hybridized carbons (Fsp3) is 0.389. The molecule has 8 heteroatoms. The first-order valence-corrected chi connectivity index (χ1v) is 8.21. The van der Waals surface area contributed by atoms with Crippen molar-refractivity contribution in [3.63, 3.8) is 0 Å². The number of carbonyl (C=O) groups excluding carboxylic acids is 2. The molecule has 0 spiro atoms. The third-order valence-electron chi connectivity index (χ3n) is 3.82. The van der Waals surface area contributed by atoms with E-state index in [9.17, 15) is 14.4 Å². The van der Waals surface area contributed by atoms with Crippen molar-refractivity contribution in [3.8, 4) is 6.07 Å². The first-order chi connectivity index (χ1) is 12.4. The van der Waals surface area contributed by atoms with Gasteiger partial charge < -0.3 is 14.6 Å². The number of hydrogen-bond donors (Lipinski definition) is 1. The number of esters is 1. The van der Waals surface area contributed by atoms with Gasteiger partial charge in [0, 0.05) is 20.0 Å². The SMILES string of the molecule is C[C@H](OC(=O)CCc1nc2ccccc2c(=O)[nH]1)C(=O)N(C)CCC#N. The predicted octanol–water partition coefficient (Wildman–Crippen LogP) is 1.16. The summed E-state index contributed by atoms with van der Waals surface area (Å²) >= 11 is 0. The number of para-hydroxylation sites is 1. The fourth-order valence-corrected chi connectivity index (χ4v) is 2.42. The van der Waals surface area contributed by atoms with Gasteiger partial charge in [-0.3, -0.25) is 14.4 Å². The lowest BCUT2D eigenvalue weighted by Gasteiger charge is -2.20. The highest BCUT2D eigenvalue weighted by Gasteiger charge is 2.21. The van der Waals surface area contributed by atoms with E-state index in [-0.39, 0.29) is 37.3 Å². The largest absolute Gasteiger partial charge is 0.453 e. The molecule has 0 aliphatic rings. The first-order valence-electron chi connectivity index (χ1n) is 8.21. The van der Waals surface area contributed by atoms with Gasteiger partial charge in [0.15, 0.2) is 6.10 Å². The van der Waals surface area contributed by atoms with Crippen LogP contribution in [0.5, 0.6) is 0 Å². The van der Waals surface area contributed by atoms with Gasteiger partial charge in [0.1, 0.15) is 5.82 Å². The maximum Gasteiger partial charge on any atom is 0.307 e. The molecule has 2 rings (SSSR count). The molecule has 1 heterocycles. The highest BCUT2D eigenvalue weighted by Crippen LogP contribution is 2.07. The van der Waals surface area contributed by atoms with Crippen LogP contribution in [0.15, 0.2) is 29.1 Å². The highest BCUT2D eigenvalue weighted by atomic mass is 16.5. The molecule has 136 valence electrons. The van der Waals surface area contributed by atoms with E-state index in [1.807, 2.05) is 6.07 Å². The summed E-state index contributed by atoms with van der Waals surface area (Å²) in [5.74, 6) is -0.544. The number of aryl methyl sites for hydroxylation is 1. The monoisotopic (exact) mass is 356 g/mol. The molecular weight excluding hydrogens is 336 g/mol. The van der Waals surface area contributed by atoms with Crippen molar-refractivity contribution in [1.82, 2.24) is 14.9 Å². The molecule has 1 N–H and O–H groups in total. The molecule has 0 aliphatic heterocycles. The van der Waals surface area contributed by atoms with E-state index in [0.29, 0.717) is 16.7 Å². The summed E-state index contributed by atoms with van der Waals surface area (Å²) in [6, 6.07) is 8.89. The number of H-pyrrole nitrogens is 1. The number of ether oxygens (including phenoxy) is 1. The van der Waals surface area contributed by atoms with Gasteiger partial charge in [0.05, 0.1) is 29.8 Å². The Morgan fingerprint density at radius 3 is 2.85 bits per heavy atom. The van der Waals surface area contributed by atoms with Gasteiger partial charge in [-0.1, -0.05) is 12.1 Å². The molecule has 0 unspecified atom stereocenters. The average Bonchev–Trinajstić information content (AvgIpc) is 2.63. The van der Waals surface area contributed by atoms with Crippen molar-refractivity contribution < 1.29 is 14.3 Å². The Hall–Kier alpha value is -3.21. The van der Waals surface area contributed by atoms with Crippen LogP contribution in [0.2, 0.25) is 0 Å². The number of nitrogens with zero attached hydrogens (tertiary/aromatic N) is 3. The number of fused-ring (bicyclic) bond motifs is 1. The minimum atomic E-state index is -0.935. The van der Waals surface area contributed by atoms with Crippen molar-refractivity contribution in [3.05, 3.63) is 40.4 Å². The Morgan fingerprint density at radius 2 is 2.12 bits per heavy atom. The van der Waals surface area contributed by atoms with Crippen LogP contribution in [0.3, 0.4) is 0 Å². The second-order valence-corrected chi connectivity index (χ2v) is 5.83. The van der Waals surface area contributed by atoms with Crippen LogP contribution in [-0.2, 0) is 20.7 Å². The van der Waals surface area contributed by atoms with Gasteiger partial charge in [-0.25, -0.2) is 4.98 Å². The zero-order chi connectivity index (χ0) is 19.1. The topological polar surface area (TPSA) is 116 Å². The number of aromatic nitrogens is 2. The number of benzene rings is 1. The number of hydrogen-bond acceptors (Lipinski definition) is 6. The molecular formula is C18H20N4O4. The molecule has 0 radical (unpaired) electrons. The highest BCUT2D eigenvalue weighted by molar-refractivity contribution is 5.83. The molecule has 1 aromatic heterocycles. The normalized spacial score (nSPS) is 11.6. The summed E-state index contributed by atoms with van der Waals surface area (Å²) < 4.78 is 5.12. The zero-order valence-corrected chi connectivity index (χ0v) is 14.7. The Labute approximate surface area is 150 Å². The fourth-order valence-electron chi connectivity index (χ4n) is 2.42. The Morgan fingerprint density at radius 1 is 1.38 bits per heavy atom. The van der Waals surface area contributed by atoms with Gasteiger partial charge in [-0.15, -0.1) is 0 Å². The minimum absolute atomic E-state index is 0.0131. The summed E-state index contributed by atoms with van der Waals surface area (Å²) in [4.78, 5) is 44.3. The minimum Gasteiger partial charge on any atom is -0.453 e. The van der Waals surface area contributed by atoms with Gasteiger partial charge in [0.25, 0.3) is 11.5 Å². The molecule has 0 saturated heterocycles. The van der Waals surface area contributed by atoms with Crippen LogP contribution in [-0.4, -0.2) is 46.4 Å². The lowest BCUT2D eigenvalue weighted by atomic mass is 10.2. The summed E-state index contributed by atoms with van der Waals surface area (Å²) in [6.07, 6.45) is -0.538. The number of carbonyl (C=O) groups is 2. The van der Waals surface area contributed by atoms with E-state index < -0.39 is 12.1 Å². The summed E-state index contributed by atoms with van der Waals surface area (Å²) in [7, 11) is 1.55. The molecule has 1 atom stereocenters. The molecule has 1 aromatic carbocycles. The molecule has 0 fully saturated rings. The lowest BCUT2D eigenvalue weighted by molar-refractivity contribution is -0.158. The predicted molar refractivity (Wildman–Crippen MR) is 94.1 cm³/mol. The first kappa shape index (κ1) is 19.1. The Kier molecular flexibility index (Phi) is 6.44. The number of aromatic amines is 1. The molecule has 0 saturated carbocycles. The van der Waals surface area contributed by atoms with Crippen LogP contribution in [0.25, 0.3) is 10.9 Å². The molecule has 26 heavy (non-hydrogen) atoms. The Balaban J connectivity index is 1.91. The third kappa shape index (κ3) is 4.89. The molecule has 0 bridgehead atoms. The van der Waals surface area contributed by atoms with Crippen molar-refractivity contribution in [1.29, 1.82) is 5.26 Å². The Bertz CT molecular complexity index is 900. The van der Waals surface area contributed by atoms with E-state index >= 15 is 0 Å². The van der Waals surface area contributed by atoms with E-state index in [1.54, 1.807) is 31.3 Å². The second-order valence-electron chi connectivity index (χ2n) is 5.83. The van der Waals surface area contributed by atoms with Crippen molar-refractivity contribution in [2.24, 2.45) is 0 Å². The quantitative estimate of drug-likeness (QED) is 0.744. The summed E-state index contributed by atoms with van der Waals surface area (Å²) in [5.41, 5.74) is 0.295. The van der Waals surface area contributed by atoms with Gasteiger partial charge >= 0.3 is 5.97 Å². The number of likely N-dealkylation sites (N-methyl/N-ethyl adjacent to an activating group) is 1. The zero-order valence-electron chi connectivity index (χ0n) is 14.7. The van der Waals surface area contributed by atoms with Crippen LogP contribution in [0.4, 0.5) is 0 Å². The second kappa shape index (κ2) is 8.76. The molecule has 2 aromatic rings. The molecule has 0 aliphatic carbocycles. The van der Waals surface area contributed by atoms with Gasteiger partial charge in [-0.2, -0.15) is 5.26 Å². The average molecular weight is 356 g/mol. The van der Waals surface area contributed by atoms with E-state index in [2.05, 4.69) is 9.97 Å². The maximum atomic E-state index is 12.0. The molecule has 1 amide bonds. The van der Waals surface area contributed by atoms with Crippen molar-refractivity contribution in [2.45, 2.75) is 32.3 Å². The summed E-state index contributed by atoms with van der Waals surface area (Å²) in [5, 5.41) is 9.02. The van der Waals surface area contributed by atoms with E-state index in [0.717, 1.165) is 0 Å². The van der Waals surface area contributed by atoms with Gasteiger partial charge in [-0.05, 0) is 19.1 Å². The maximum absolute atomic E-state index is 12.0. The standard InChI is InChI=1S/C18H20N4O4/c1-12(18(25)22(2)11-5-10-19)26-16(23)9-8-15-20-14-7-4-3-6-13(14)17(24)21-15/h3-4,6-7,12H,5,8-9,11H2,1-2H3,(H,20,21,24)/t12-/m0/s1. The van der Waals surface area contributed by atoms with Crippen molar-refractivity contribution in [2.75, 3.05) is 13.6 Å². The third-order valence-corrected chi connectivity index (χ3v) is 3.82. The van der Waals surface area contributed by atoms with E-state index in [1.165, 1.54) is 11.8 Å². The smallest absolute Gasteiger partial charge is 0.307 e. The summed E-state index contributed by atoms with van der Waals surface area (Å²) in [6.45, 7) is 1.76. The van der Waals surface area contributed by atoms with Crippen LogP contribution in [0, 0.1) is 11.3 Å². The van der Waals surface area contributed by atoms with E-state index in [4.69, 9.17) is 10.00 Å². The van der Waals surface area contributed by atoms with Gasteiger partial charge in [0.2, 0.25) is 0 Å². The van der Waals surface area contributed by atoms with Crippen LogP contribution >= 0.6 is 0 Å².